The highest BCUT2D eigenvalue weighted by Gasteiger charge is 2.37. The van der Waals surface area contributed by atoms with Gasteiger partial charge in [-0.25, -0.2) is 0 Å². The Labute approximate surface area is 99.8 Å². The van der Waals surface area contributed by atoms with Crippen LogP contribution in [0.4, 0.5) is 0 Å². The molecule has 0 aliphatic heterocycles. The lowest BCUT2D eigenvalue weighted by Gasteiger charge is -2.45. The van der Waals surface area contributed by atoms with E-state index >= 15 is 0 Å². The third kappa shape index (κ3) is 3.72. The van der Waals surface area contributed by atoms with Gasteiger partial charge in [0, 0.05) is 19.2 Å². The standard InChI is InChI=1S/C13H27NO2/c1-5-16-9-8-14(4)12-10-11(15)6-7-13(12,2)3/h11-12,15H,5-10H2,1-4H3. The molecule has 0 radical (unpaired) electrons. The number of aliphatic hydroxyl groups excluding tert-OH is 1. The first-order valence-electron chi connectivity index (χ1n) is 6.43. The molecule has 1 aliphatic carbocycles. The maximum Gasteiger partial charge on any atom is 0.0593 e. The fourth-order valence-electron chi connectivity index (χ4n) is 2.69. The quantitative estimate of drug-likeness (QED) is 0.731. The van der Waals surface area contributed by atoms with Crippen LogP contribution in [0.15, 0.2) is 0 Å². The van der Waals surface area contributed by atoms with Gasteiger partial charge in [-0.2, -0.15) is 0 Å². The van der Waals surface area contributed by atoms with Gasteiger partial charge in [0.2, 0.25) is 0 Å². The summed E-state index contributed by atoms with van der Waals surface area (Å²) in [6.07, 6.45) is 2.84. The van der Waals surface area contributed by atoms with Gasteiger partial charge < -0.3 is 14.7 Å². The minimum atomic E-state index is -0.118. The van der Waals surface area contributed by atoms with Crippen LogP contribution in [0.25, 0.3) is 0 Å². The van der Waals surface area contributed by atoms with Crippen molar-refractivity contribution in [2.45, 2.75) is 52.2 Å². The van der Waals surface area contributed by atoms with Gasteiger partial charge >= 0.3 is 0 Å². The number of ether oxygens (including phenoxy) is 1. The minimum absolute atomic E-state index is 0.118. The number of likely N-dealkylation sites (N-methyl/N-ethyl adjacent to an activating group) is 1. The van der Waals surface area contributed by atoms with Crippen molar-refractivity contribution in [1.29, 1.82) is 0 Å². The molecule has 0 aromatic carbocycles. The smallest absolute Gasteiger partial charge is 0.0593 e. The fraction of sp³-hybridized carbons (Fsp3) is 1.00. The third-order valence-electron chi connectivity index (χ3n) is 3.84. The monoisotopic (exact) mass is 229 g/mol. The molecule has 0 saturated heterocycles. The Hall–Kier alpha value is -0.120. The minimum Gasteiger partial charge on any atom is -0.393 e. The normalized spacial score (nSPS) is 29.6. The number of hydrogen-bond acceptors (Lipinski definition) is 3. The van der Waals surface area contributed by atoms with Crippen LogP contribution in [0.5, 0.6) is 0 Å². The molecule has 2 atom stereocenters. The van der Waals surface area contributed by atoms with Crippen LogP contribution in [0.1, 0.15) is 40.0 Å². The molecule has 0 spiro atoms. The zero-order valence-electron chi connectivity index (χ0n) is 11.2. The molecule has 0 bridgehead atoms. The summed E-state index contributed by atoms with van der Waals surface area (Å²) in [7, 11) is 2.14. The number of nitrogens with zero attached hydrogens (tertiary/aromatic N) is 1. The van der Waals surface area contributed by atoms with E-state index in [2.05, 4.69) is 25.8 Å². The first kappa shape index (κ1) is 13.9. The van der Waals surface area contributed by atoms with E-state index in [1.165, 1.54) is 0 Å². The van der Waals surface area contributed by atoms with Crippen molar-refractivity contribution >= 4 is 0 Å². The van der Waals surface area contributed by atoms with Crippen molar-refractivity contribution in [1.82, 2.24) is 4.90 Å². The highest BCUT2D eigenvalue weighted by atomic mass is 16.5. The average Bonchev–Trinajstić information content (AvgIpc) is 2.22. The molecule has 1 fully saturated rings. The van der Waals surface area contributed by atoms with E-state index in [1.807, 2.05) is 6.92 Å². The predicted octanol–water partition coefficient (Wildman–Crippen LogP) is 1.89. The second-order valence-electron chi connectivity index (χ2n) is 5.61. The van der Waals surface area contributed by atoms with Crippen molar-refractivity contribution in [3.63, 3.8) is 0 Å². The van der Waals surface area contributed by atoms with Gasteiger partial charge in [-0.15, -0.1) is 0 Å². The van der Waals surface area contributed by atoms with E-state index in [9.17, 15) is 5.11 Å². The number of hydrogen-bond donors (Lipinski definition) is 1. The van der Waals surface area contributed by atoms with Gasteiger partial charge in [0.1, 0.15) is 0 Å². The van der Waals surface area contributed by atoms with Crippen molar-refractivity contribution in [2.75, 3.05) is 26.8 Å². The molecule has 1 aliphatic rings. The Bertz CT molecular complexity index is 206. The Balaban J connectivity index is 2.47. The van der Waals surface area contributed by atoms with Gasteiger partial charge in [-0.1, -0.05) is 13.8 Å². The Morgan fingerprint density at radius 3 is 2.75 bits per heavy atom. The van der Waals surface area contributed by atoms with Crippen LogP contribution in [0, 0.1) is 5.41 Å². The largest absolute Gasteiger partial charge is 0.393 e. The topological polar surface area (TPSA) is 32.7 Å². The Morgan fingerprint density at radius 2 is 2.12 bits per heavy atom. The molecular weight excluding hydrogens is 202 g/mol. The Kier molecular flexibility index (Phi) is 5.22. The maximum atomic E-state index is 9.77. The van der Waals surface area contributed by atoms with Crippen LogP contribution in [-0.4, -0.2) is 49.0 Å². The molecule has 0 amide bonds. The molecule has 0 aromatic heterocycles. The maximum absolute atomic E-state index is 9.77. The summed E-state index contributed by atoms with van der Waals surface area (Å²) in [6, 6.07) is 0.469. The summed E-state index contributed by atoms with van der Waals surface area (Å²) in [4.78, 5) is 2.35. The van der Waals surface area contributed by atoms with Crippen LogP contribution >= 0.6 is 0 Å². The first-order valence-corrected chi connectivity index (χ1v) is 6.43. The lowest BCUT2D eigenvalue weighted by molar-refractivity contribution is -0.0106. The molecule has 3 nitrogen and oxygen atoms in total. The zero-order chi connectivity index (χ0) is 12.2. The van der Waals surface area contributed by atoms with E-state index in [1.54, 1.807) is 0 Å². The molecule has 3 heteroatoms. The van der Waals surface area contributed by atoms with E-state index in [0.29, 0.717) is 11.5 Å². The van der Waals surface area contributed by atoms with Crippen molar-refractivity contribution in [3.05, 3.63) is 0 Å². The van der Waals surface area contributed by atoms with Crippen LogP contribution in [0.2, 0.25) is 0 Å². The molecule has 0 aromatic rings. The molecule has 0 heterocycles. The second kappa shape index (κ2) is 5.99. The summed E-state index contributed by atoms with van der Waals surface area (Å²) in [5.74, 6) is 0. The Morgan fingerprint density at radius 1 is 1.44 bits per heavy atom. The van der Waals surface area contributed by atoms with Crippen molar-refractivity contribution in [2.24, 2.45) is 5.41 Å². The molecule has 1 N–H and O–H groups in total. The average molecular weight is 229 g/mol. The summed E-state index contributed by atoms with van der Waals surface area (Å²) in [5.41, 5.74) is 0.306. The predicted molar refractivity (Wildman–Crippen MR) is 66.5 cm³/mol. The number of rotatable bonds is 5. The fourth-order valence-corrected chi connectivity index (χ4v) is 2.69. The highest BCUT2D eigenvalue weighted by molar-refractivity contribution is 4.91. The summed E-state index contributed by atoms with van der Waals surface area (Å²) in [5, 5.41) is 9.77. The van der Waals surface area contributed by atoms with Gasteiger partial charge in [0.05, 0.1) is 12.7 Å². The molecular formula is C13H27NO2. The highest BCUT2D eigenvalue weighted by Crippen LogP contribution is 2.38. The van der Waals surface area contributed by atoms with Gasteiger partial charge in [0.15, 0.2) is 0 Å². The molecule has 1 rings (SSSR count). The van der Waals surface area contributed by atoms with E-state index in [0.717, 1.165) is 39.0 Å². The van der Waals surface area contributed by atoms with E-state index < -0.39 is 0 Å². The number of aliphatic hydroxyl groups is 1. The van der Waals surface area contributed by atoms with Crippen molar-refractivity contribution < 1.29 is 9.84 Å². The SMILES string of the molecule is CCOCCN(C)C1CC(O)CCC1(C)C. The molecule has 1 saturated carbocycles. The summed E-state index contributed by atoms with van der Waals surface area (Å²) in [6.45, 7) is 9.16. The summed E-state index contributed by atoms with van der Waals surface area (Å²) < 4.78 is 5.39. The van der Waals surface area contributed by atoms with Gasteiger partial charge in [0.25, 0.3) is 0 Å². The van der Waals surface area contributed by atoms with Crippen molar-refractivity contribution in [3.8, 4) is 0 Å². The van der Waals surface area contributed by atoms with Crippen LogP contribution in [0.3, 0.4) is 0 Å². The third-order valence-corrected chi connectivity index (χ3v) is 3.84. The molecule has 2 unspecified atom stereocenters. The van der Waals surface area contributed by atoms with Crippen LogP contribution in [-0.2, 0) is 4.74 Å². The lowest BCUT2D eigenvalue weighted by Crippen LogP contribution is -2.49. The van der Waals surface area contributed by atoms with E-state index in [-0.39, 0.29) is 6.10 Å². The second-order valence-corrected chi connectivity index (χ2v) is 5.61. The molecule has 96 valence electrons. The zero-order valence-corrected chi connectivity index (χ0v) is 11.2. The lowest BCUT2D eigenvalue weighted by atomic mass is 9.71. The van der Waals surface area contributed by atoms with Gasteiger partial charge in [-0.3, -0.25) is 0 Å². The summed E-state index contributed by atoms with van der Waals surface area (Å²) >= 11 is 0. The van der Waals surface area contributed by atoms with Crippen LogP contribution < -0.4 is 0 Å². The van der Waals surface area contributed by atoms with E-state index in [4.69, 9.17) is 4.74 Å². The first-order chi connectivity index (χ1) is 7.47. The van der Waals surface area contributed by atoms with Gasteiger partial charge in [-0.05, 0) is 38.6 Å². The molecule has 16 heavy (non-hydrogen) atoms.